The highest BCUT2D eigenvalue weighted by atomic mass is 35.5. The first kappa shape index (κ1) is 17.8. The average Bonchev–Trinajstić information content (AvgIpc) is 2.29. The van der Waals surface area contributed by atoms with Crippen LogP contribution in [0, 0.1) is 17.6 Å². The highest BCUT2D eigenvalue weighted by molar-refractivity contribution is 5.85. The summed E-state index contributed by atoms with van der Waals surface area (Å²) in [5.41, 5.74) is 5.78. The third-order valence-corrected chi connectivity index (χ3v) is 2.52. The minimum Gasteiger partial charge on any atom is -0.351 e. The van der Waals surface area contributed by atoms with Gasteiger partial charge in [0.15, 0.2) is 0 Å². The first-order valence-corrected chi connectivity index (χ1v) is 5.87. The number of hydrogen-bond acceptors (Lipinski definition) is 2. The second kappa shape index (κ2) is 8.07. The molecule has 0 aliphatic heterocycles. The Bertz CT molecular complexity index is 427. The van der Waals surface area contributed by atoms with E-state index in [0.29, 0.717) is 12.3 Å². The maximum atomic E-state index is 13.3. The number of benzene rings is 1. The van der Waals surface area contributed by atoms with Crippen LogP contribution in [0.25, 0.3) is 0 Å². The van der Waals surface area contributed by atoms with E-state index in [1.54, 1.807) is 0 Å². The first-order valence-electron chi connectivity index (χ1n) is 5.87. The normalized spacial score (nSPS) is 11.9. The van der Waals surface area contributed by atoms with Gasteiger partial charge < -0.3 is 11.1 Å². The number of hydrogen-bond donors (Lipinski definition) is 2. The van der Waals surface area contributed by atoms with Crippen molar-refractivity contribution in [3.05, 3.63) is 35.4 Å². The zero-order valence-corrected chi connectivity index (χ0v) is 11.8. The summed E-state index contributed by atoms with van der Waals surface area (Å²) < 4.78 is 26.2. The van der Waals surface area contributed by atoms with Crippen LogP contribution in [-0.4, -0.2) is 11.9 Å². The van der Waals surface area contributed by atoms with Crippen LogP contribution in [0.5, 0.6) is 0 Å². The lowest BCUT2D eigenvalue weighted by Gasteiger charge is -2.14. The predicted octanol–water partition coefficient (Wildman–Crippen LogP) is 2.38. The number of carbonyl (C=O) groups excluding carboxylic acids is 1. The fourth-order valence-corrected chi connectivity index (χ4v) is 1.61. The van der Waals surface area contributed by atoms with E-state index in [4.69, 9.17) is 5.73 Å². The molecule has 0 saturated heterocycles. The van der Waals surface area contributed by atoms with Crippen LogP contribution < -0.4 is 11.1 Å². The minimum absolute atomic E-state index is 0. The van der Waals surface area contributed by atoms with Crippen molar-refractivity contribution in [3.8, 4) is 0 Å². The van der Waals surface area contributed by atoms with Crippen LogP contribution in [0.4, 0.5) is 8.78 Å². The largest absolute Gasteiger partial charge is 0.351 e. The highest BCUT2D eigenvalue weighted by Crippen LogP contribution is 2.09. The Morgan fingerprint density at radius 3 is 2.58 bits per heavy atom. The fraction of sp³-hybridized carbons (Fsp3) is 0.462. The molecular formula is C13H19ClF2N2O. The van der Waals surface area contributed by atoms with Crippen molar-refractivity contribution in [1.82, 2.24) is 5.32 Å². The predicted molar refractivity (Wildman–Crippen MR) is 72.9 cm³/mol. The summed E-state index contributed by atoms with van der Waals surface area (Å²) in [4.78, 5) is 11.6. The van der Waals surface area contributed by atoms with E-state index < -0.39 is 17.7 Å². The van der Waals surface area contributed by atoms with Crippen LogP contribution >= 0.6 is 12.4 Å². The number of halogens is 3. The number of amides is 1. The summed E-state index contributed by atoms with van der Waals surface area (Å²) in [5.74, 6) is -1.13. The van der Waals surface area contributed by atoms with Crippen LogP contribution in [-0.2, 0) is 11.3 Å². The molecule has 1 atom stereocenters. The standard InChI is InChI=1S/C13H18F2N2O.ClH/c1-8(2)5-12(16)13(18)17-7-9-6-10(14)3-4-11(9)15;/h3-4,6,8,12H,5,7,16H2,1-2H3,(H,17,18);1H/t12-;/m0./s1. The van der Waals surface area contributed by atoms with Gasteiger partial charge in [0.2, 0.25) is 5.91 Å². The molecular weight excluding hydrogens is 274 g/mol. The molecule has 3 nitrogen and oxygen atoms in total. The summed E-state index contributed by atoms with van der Waals surface area (Å²) in [6, 6.07) is 2.50. The van der Waals surface area contributed by atoms with Gasteiger partial charge in [-0.25, -0.2) is 8.78 Å². The topological polar surface area (TPSA) is 55.1 Å². The minimum atomic E-state index is -0.623. The lowest BCUT2D eigenvalue weighted by atomic mass is 10.0. The van der Waals surface area contributed by atoms with Crippen LogP contribution in [0.15, 0.2) is 18.2 Å². The third kappa shape index (κ3) is 5.98. The lowest BCUT2D eigenvalue weighted by molar-refractivity contribution is -0.122. The molecule has 3 N–H and O–H groups in total. The van der Waals surface area contributed by atoms with E-state index in [9.17, 15) is 13.6 Å². The van der Waals surface area contributed by atoms with Gasteiger partial charge in [0.1, 0.15) is 11.6 Å². The van der Waals surface area contributed by atoms with Gasteiger partial charge in [0.05, 0.1) is 6.04 Å². The fourth-order valence-electron chi connectivity index (χ4n) is 1.61. The Morgan fingerprint density at radius 2 is 2.00 bits per heavy atom. The van der Waals surface area contributed by atoms with Gasteiger partial charge in [-0.05, 0) is 30.5 Å². The molecule has 19 heavy (non-hydrogen) atoms. The van der Waals surface area contributed by atoms with E-state index in [2.05, 4.69) is 5.32 Å². The molecule has 0 radical (unpaired) electrons. The zero-order chi connectivity index (χ0) is 13.7. The molecule has 0 aliphatic rings. The molecule has 0 bridgehead atoms. The summed E-state index contributed by atoms with van der Waals surface area (Å²) in [6.45, 7) is 3.85. The van der Waals surface area contributed by atoms with E-state index in [0.717, 1.165) is 18.2 Å². The molecule has 6 heteroatoms. The number of carbonyl (C=O) groups is 1. The Kier molecular flexibility index (Phi) is 7.56. The SMILES string of the molecule is CC(C)C[C@H](N)C(=O)NCc1cc(F)ccc1F.Cl. The Morgan fingerprint density at radius 1 is 1.37 bits per heavy atom. The molecule has 1 amide bonds. The van der Waals surface area contributed by atoms with Crippen LogP contribution in [0.3, 0.4) is 0 Å². The van der Waals surface area contributed by atoms with Crippen LogP contribution in [0.2, 0.25) is 0 Å². The van der Waals surface area contributed by atoms with Crippen molar-refractivity contribution < 1.29 is 13.6 Å². The molecule has 0 heterocycles. The van der Waals surface area contributed by atoms with Crippen molar-refractivity contribution in [2.24, 2.45) is 11.7 Å². The van der Waals surface area contributed by atoms with E-state index >= 15 is 0 Å². The van der Waals surface area contributed by atoms with Crippen molar-refractivity contribution in [2.75, 3.05) is 0 Å². The number of nitrogens with one attached hydrogen (secondary N) is 1. The Balaban J connectivity index is 0.00000324. The van der Waals surface area contributed by atoms with Gasteiger partial charge in [-0.15, -0.1) is 12.4 Å². The lowest BCUT2D eigenvalue weighted by Crippen LogP contribution is -2.41. The van der Waals surface area contributed by atoms with Gasteiger partial charge in [-0.2, -0.15) is 0 Å². The van der Waals surface area contributed by atoms with Gasteiger partial charge in [-0.1, -0.05) is 13.8 Å². The van der Waals surface area contributed by atoms with E-state index in [1.807, 2.05) is 13.8 Å². The van der Waals surface area contributed by atoms with E-state index in [-0.39, 0.29) is 30.4 Å². The first-order chi connectivity index (χ1) is 8.40. The molecule has 108 valence electrons. The smallest absolute Gasteiger partial charge is 0.237 e. The summed E-state index contributed by atoms with van der Waals surface area (Å²) >= 11 is 0. The molecule has 0 aromatic heterocycles. The summed E-state index contributed by atoms with van der Waals surface area (Å²) in [5, 5.41) is 2.50. The molecule has 1 aromatic carbocycles. The summed E-state index contributed by atoms with van der Waals surface area (Å²) in [7, 11) is 0. The van der Waals surface area contributed by atoms with Gasteiger partial charge in [0.25, 0.3) is 0 Å². The maximum absolute atomic E-state index is 13.3. The average molecular weight is 293 g/mol. The van der Waals surface area contributed by atoms with Gasteiger partial charge >= 0.3 is 0 Å². The third-order valence-electron chi connectivity index (χ3n) is 2.52. The quantitative estimate of drug-likeness (QED) is 0.875. The van der Waals surface area contributed by atoms with Crippen molar-refractivity contribution >= 4 is 18.3 Å². The van der Waals surface area contributed by atoms with Crippen molar-refractivity contribution in [1.29, 1.82) is 0 Å². The van der Waals surface area contributed by atoms with Crippen molar-refractivity contribution in [3.63, 3.8) is 0 Å². The molecule has 1 aromatic rings. The zero-order valence-electron chi connectivity index (χ0n) is 11.0. The Hall–Kier alpha value is -1.20. The maximum Gasteiger partial charge on any atom is 0.237 e. The van der Waals surface area contributed by atoms with Crippen LogP contribution in [0.1, 0.15) is 25.8 Å². The number of nitrogens with two attached hydrogens (primary N) is 1. The molecule has 0 saturated carbocycles. The highest BCUT2D eigenvalue weighted by Gasteiger charge is 2.15. The van der Waals surface area contributed by atoms with E-state index in [1.165, 1.54) is 0 Å². The Labute approximate surface area is 118 Å². The second-order valence-corrected chi connectivity index (χ2v) is 4.69. The number of rotatable bonds is 5. The monoisotopic (exact) mass is 292 g/mol. The van der Waals surface area contributed by atoms with Gasteiger partial charge in [-0.3, -0.25) is 4.79 Å². The molecule has 1 rings (SSSR count). The summed E-state index contributed by atoms with van der Waals surface area (Å²) in [6.07, 6.45) is 0.553. The molecule has 0 fully saturated rings. The molecule has 0 unspecified atom stereocenters. The second-order valence-electron chi connectivity index (χ2n) is 4.69. The van der Waals surface area contributed by atoms with Gasteiger partial charge in [0, 0.05) is 12.1 Å². The molecule has 0 aliphatic carbocycles. The molecule has 0 spiro atoms. The van der Waals surface area contributed by atoms with Crippen molar-refractivity contribution in [2.45, 2.75) is 32.9 Å².